The van der Waals surface area contributed by atoms with E-state index >= 15 is 0 Å². The molecule has 0 unspecified atom stereocenters. The molecule has 6 atom stereocenters. The van der Waals surface area contributed by atoms with Gasteiger partial charge in [-0.15, -0.1) is 0 Å². The predicted octanol–water partition coefficient (Wildman–Crippen LogP) is 4.27. The summed E-state index contributed by atoms with van der Waals surface area (Å²) < 4.78 is 0. The van der Waals surface area contributed by atoms with Crippen LogP contribution in [0.25, 0.3) is 0 Å². The van der Waals surface area contributed by atoms with Crippen LogP contribution in [0.2, 0.25) is 0 Å². The van der Waals surface area contributed by atoms with Crippen molar-refractivity contribution in [2.45, 2.75) is 77.9 Å². The van der Waals surface area contributed by atoms with Gasteiger partial charge in [-0.05, 0) is 74.0 Å². The fraction of sp³-hybridized carbons (Fsp3) is 0.900. The predicted molar refractivity (Wildman–Crippen MR) is 88.0 cm³/mol. The van der Waals surface area contributed by atoms with Crippen LogP contribution in [0.15, 0.2) is 11.6 Å². The first-order chi connectivity index (χ1) is 10.3. The maximum atomic E-state index is 10.8. The highest BCUT2D eigenvalue weighted by molar-refractivity contribution is 5.28. The third-order valence-corrected chi connectivity index (χ3v) is 8.76. The first-order valence-electron chi connectivity index (χ1n) is 9.45. The molecule has 22 heavy (non-hydrogen) atoms. The lowest BCUT2D eigenvalue weighted by atomic mass is 9.46. The smallest absolute Gasteiger partial charge is 0.172 e. The lowest BCUT2D eigenvalue weighted by Crippen LogP contribution is -2.60. The van der Waals surface area contributed by atoms with E-state index in [0.29, 0.717) is 23.7 Å². The molecule has 4 aliphatic rings. The zero-order valence-electron chi connectivity index (χ0n) is 14.4. The molecule has 3 fully saturated rings. The van der Waals surface area contributed by atoms with E-state index in [0.717, 1.165) is 24.7 Å². The number of aliphatic hydroxyl groups is 2. The molecule has 0 saturated heterocycles. The van der Waals surface area contributed by atoms with Crippen LogP contribution in [-0.4, -0.2) is 16.0 Å². The summed E-state index contributed by atoms with van der Waals surface area (Å²) in [4.78, 5) is 0. The van der Waals surface area contributed by atoms with Crippen molar-refractivity contribution in [3.05, 3.63) is 11.6 Å². The molecule has 0 aromatic rings. The molecule has 4 aliphatic carbocycles. The standard InChI is InChI=1S/C20H32O2/c1-13-6-9-16-15-8-7-14-5-4-11-20(21,22)19(14,3)17(15)10-12-18(13,16)2/h7,13,15-17,21-22H,4-6,8-12H2,1-3H3/t13-,15-,16-,17-,18+,19-/m0/s1. The van der Waals surface area contributed by atoms with Crippen LogP contribution in [0.4, 0.5) is 0 Å². The lowest BCUT2D eigenvalue weighted by molar-refractivity contribution is -0.269. The third kappa shape index (κ3) is 1.69. The summed E-state index contributed by atoms with van der Waals surface area (Å²) in [5, 5.41) is 21.7. The second-order valence-electron chi connectivity index (χ2n) is 9.24. The fourth-order valence-corrected chi connectivity index (χ4v) is 7.03. The van der Waals surface area contributed by atoms with Crippen molar-refractivity contribution in [2.75, 3.05) is 0 Å². The molecule has 0 spiro atoms. The van der Waals surface area contributed by atoms with Gasteiger partial charge in [-0.2, -0.15) is 0 Å². The monoisotopic (exact) mass is 304 g/mol. The van der Waals surface area contributed by atoms with E-state index in [1.807, 2.05) is 0 Å². The van der Waals surface area contributed by atoms with Crippen LogP contribution >= 0.6 is 0 Å². The largest absolute Gasteiger partial charge is 0.365 e. The van der Waals surface area contributed by atoms with Gasteiger partial charge in [-0.3, -0.25) is 0 Å². The molecule has 2 N–H and O–H groups in total. The summed E-state index contributed by atoms with van der Waals surface area (Å²) in [6, 6.07) is 0. The Kier molecular flexibility index (Phi) is 3.18. The molecule has 0 aliphatic heterocycles. The third-order valence-electron chi connectivity index (χ3n) is 8.76. The van der Waals surface area contributed by atoms with Crippen LogP contribution < -0.4 is 0 Å². The van der Waals surface area contributed by atoms with Crippen molar-refractivity contribution in [2.24, 2.45) is 34.5 Å². The van der Waals surface area contributed by atoms with E-state index < -0.39 is 11.2 Å². The van der Waals surface area contributed by atoms with Gasteiger partial charge < -0.3 is 10.2 Å². The number of fused-ring (bicyclic) bond motifs is 5. The molecule has 0 radical (unpaired) electrons. The van der Waals surface area contributed by atoms with Crippen molar-refractivity contribution in [1.29, 1.82) is 0 Å². The SMILES string of the molecule is C[C@H]1CC[C@H]2[C@@H]3CC=C4CCCC(O)(O)[C@]4(C)[C@H]3CC[C@]12C. The zero-order chi connectivity index (χ0) is 15.8. The van der Waals surface area contributed by atoms with E-state index in [4.69, 9.17) is 0 Å². The van der Waals surface area contributed by atoms with Gasteiger partial charge in [-0.25, -0.2) is 0 Å². The van der Waals surface area contributed by atoms with E-state index in [-0.39, 0.29) is 0 Å². The maximum Gasteiger partial charge on any atom is 0.172 e. The topological polar surface area (TPSA) is 40.5 Å². The van der Waals surface area contributed by atoms with Crippen molar-refractivity contribution >= 4 is 0 Å². The van der Waals surface area contributed by atoms with E-state index in [2.05, 4.69) is 26.8 Å². The second kappa shape index (κ2) is 4.60. The van der Waals surface area contributed by atoms with E-state index in [1.165, 1.54) is 37.7 Å². The lowest BCUT2D eigenvalue weighted by Gasteiger charge is -2.60. The highest BCUT2D eigenvalue weighted by Crippen LogP contribution is 2.67. The molecule has 3 saturated carbocycles. The highest BCUT2D eigenvalue weighted by Gasteiger charge is 2.62. The van der Waals surface area contributed by atoms with Crippen molar-refractivity contribution < 1.29 is 10.2 Å². The summed E-state index contributed by atoms with van der Waals surface area (Å²) in [6.07, 6.45) is 11.3. The number of hydrogen-bond acceptors (Lipinski definition) is 2. The first kappa shape index (κ1) is 15.2. The molecule has 4 rings (SSSR count). The Morgan fingerprint density at radius 2 is 1.82 bits per heavy atom. The van der Waals surface area contributed by atoms with E-state index in [9.17, 15) is 10.2 Å². The summed E-state index contributed by atoms with van der Waals surface area (Å²) in [5.74, 6) is 1.24. The van der Waals surface area contributed by atoms with Gasteiger partial charge in [-0.1, -0.05) is 32.4 Å². The van der Waals surface area contributed by atoms with Gasteiger partial charge >= 0.3 is 0 Å². The van der Waals surface area contributed by atoms with Crippen LogP contribution in [0.3, 0.4) is 0 Å². The van der Waals surface area contributed by atoms with E-state index in [1.54, 1.807) is 0 Å². The Morgan fingerprint density at radius 3 is 2.59 bits per heavy atom. The maximum absolute atomic E-state index is 10.8. The summed E-state index contributed by atoms with van der Waals surface area (Å²) in [6.45, 7) is 7.12. The van der Waals surface area contributed by atoms with Crippen LogP contribution in [0.5, 0.6) is 0 Å². The van der Waals surface area contributed by atoms with Gasteiger partial charge in [0.2, 0.25) is 0 Å². The first-order valence-corrected chi connectivity index (χ1v) is 9.45. The van der Waals surface area contributed by atoms with Crippen molar-refractivity contribution in [3.63, 3.8) is 0 Å². The molecule has 0 amide bonds. The van der Waals surface area contributed by atoms with Crippen LogP contribution in [0, 0.1) is 34.5 Å². The summed E-state index contributed by atoms with van der Waals surface area (Å²) >= 11 is 0. The van der Waals surface area contributed by atoms with Gasteiger partial charge in [0.15, 0.2) is 5.79 Å². The molecule has 0 aromatic carbocycles. The minimum Gasteiger partial charge on any atom is -0.365 e. The Balaban J connectivity index is 1.75. The minimum absolute atomic E-state index is 0.401. The second-order valence-corrected chi connectivity index (χ2v) is 9.24. The molecule has 124 valence electrons. The van der Waals surface area contributed by atoms with Crippen molar-refractivity contribution in [3.8, 4) is 0 Å². The average Bonchev–Trinajstić information content (AvgIpc) is 2.76. The minimum atomic E-state index is -1.50. The zero-order valence-corrected chi connectivity index (χ0v) is 14.4. The fourth-order valence-electron chi connectivity index (χ4n) is 7.03. The molecule has 2 nitrogen and oxygen atoms in total. The number of hydrogen-bond donors (Lipinski definition) is 2. The van der Waals surface area contributed by atoms with Gasteiger partial charge in [0, 0.05) is 11.8 Å². The quantitative estimate of drug-likeness (QED) is 0.518. The van der Waals surface area contributed by atoms with Gasteiger partial charge in [0.05, 0.1) is 0 Å². The van der Waals surface area contributed by atoms with Gasteiger partial charge in [0.25, 0.3) is 0 Å². The van der Waals surface area contributed by atoms with Gasteiger partial charge in [0.1, 0.15) is 0 Å². The van der Waals surface area contributed by atoms with Crippen LogP contribution in [0.1, 0.15) is 72.1 Å². The molecule has 0 aromatic heterocycles. The molecule has 0 heterocycles. The number of rotatable bonds is 0. The Labute approximate surface area is 135 Å². The summed E-state index contributed by atoms with van der Waals surface area (Å²) in [5.41, 5.74) is 1.44. The number of allylic oxidation sites excluding steroid dienone is 1. The van der Waals surface area contributed by atoms with Crippen molar-refractivity contribution in [1.82, 2.24) is 0 Å². The molecule has 0 bridgehead atoms. The summed E-state index contributed by atoms with van der Waals surface area (Å²) in [7, 11) is 0. The normalized spacial score (nSPS) is 53.2. The highest BCUT2D eigenvalue weighted by atomic mass is 16.5. The Hall–Kier alpha value is -0.340. The Bertz CT molecular complexity index is 508. The molecular weight excluding hydrogens is 272 g/mol. The molecular formula is C20H32O2. The Morgan fingerprint density at radius 1 is 1.05 bits per heavy atom. The van der Waals surface area contributed by atoms with Crippen LogP contribution in [-0.2, 0) is 0 Å². The molecule has 2 heteroatoms. The average molecular weight is 304 g/mol.